The summed E-state index contributed by atoms with van der Waals surface area (Å²) in [6.07, 6.45) is 7.75. The molecule has 110 valence electrons. The number of fused-ring (bicyclic) bond motifs is 4. The normalized spacial score (nSPS) is 24.3. The van der Waals surface area contributed by atoms with Crippen LogP contribution in [0.3, 0.4) is 0 Å². The molecule has 0 radical (unpaired) electrons. The number of aryl methyl sites for hydroxylation is 3. The van der Waals surface area contributed by atoms with Gasteiger partial charge in [-0.3, -0.25) is 9.58 Å². The van der Waals surface area contributed by atoms with Crippen LogP contribution in [-0.4, -0.2) is 30.7 Å². The lowest BCUT2D eigenvalue weighted by Crippen LogP contribution is -2.37. The van der Waals surface area contributed by atoms with Crippen LogP contribution < -0.4 is 0 Å². The van der Waals surface area contributed by atoms with Gasteiger partial charge >= 0.3 is 0 Å². The monoisotopic (exact) mass is 283 g/mol. The molecule has 4 heterocycles. The van der Waals surface area contributed by atoms with Gasteiger partial charge in [0.2, 0.25) is 0 Å². The Labute approximate surface area is 125 Å². The van der Waals surface area contributed by atoms with E-state index in [9.17, 15) is 0 Å². The summed E-state index contributed by atoms with van der Waals surface area (Å²) in [6.45, 7) is 5.07. The minimum absolute atomic E-state index is 0.485. The summed E-state index contributed by atoms with van der Waals surface area (Å²) in [5.41, 5.74) is 5.10. The van der Waals surface area contributed by atoms with Crippen LogP contribution in [0.4, 0.5) is 0 Å². The van der Waals surface area contributed by atoms with Crippen LogP contribution in [0.15, 0.2) is 12.4 Å². The Hall–Kier alpha value is -1.75. The number of rotatable bonds is 2. The molecule has 0 unspecified atom stereocenters. The maximum absolute atomic E-state index is 4.66. The molecule has 2 aromatic rings. The molecule has 0 aliphatic carbocycles. The zero-order chi connectivity index (χ0) is 14.6. The molecule has 2 bridgehead atoms. The first-order valence-corrected chi connectivity index (χ1v) is 7.69. The van der Waals surface area contributed by atoms with Crippen molar-refractivity contribution in [1.29, 1.82) is 0 Å². The van der Waals surface area contributed by atoms with Crippen LogP contribution in [-0.2, 0) is 20.0 Å². The maximum Gasteiger partial charge on any atom is 0.125 e. The van der Waals surface area contributed by atoms with Crippen molar-refractivity contribution in [2.75, 3.05) is 0 Å². The van der Waals surface area contributed by atoms with Gasteiger partial charge in [-0.25, -0.2) is 9.97 Å². The molecule has 0 saturated carbocycles. The van der Waals surface area contributed by atoms with E-state index in [0.29, 0.717) is 12.1 Å². The second kappa shape index (κ2) is 4.63. The van der Waals surface area contributed by atoms with Crippen molar-refractivity contribution < 1.29 is 0 Å². The van der Waals surface area contributed by atoms with E-state index in [0.717, 1.165) is 24.5 Å². The van der Waals surface area contributed by atoms with Gasteiger partial charge in [0.15, 0.2) is 0 Å². The Bertz CT molecular complexity index is 690. The second-order valence-electron chi connectivity index (χ2n) is 6.36. The Kier molecular flexibility index (Phi) is 2.85. The maximum atomic E-state index is 4.66. The van der Waals surface area contributed by atoms with Gasteiger partial charge in [-0.2, -0.15) is 5.10 Å². The highest BCUT2D eigenvalue weighted by Gasteiger charge is 2.40. The van der Waals surface area contributed by atoms with Gasteiger partial charge in [0.25, 0.3) is 0 Å². The van der Waals surface area contributed by atoms with Gasteiger partial charge < -0.3 is 0 Å². The molecule has 2 aliphatic rings. The molecule has 21 heavy (non-hydrogen) atoms. The molecule has 1 fully saturated rings. The lowest BCUT2D eigenvalue weighted by atomic mass is 9.98. The highest BCUT2D eigenvalue weighted by Crippen LogP contribution is 2.43. The SMILES string of the molecule is Cc1ncc2c(n1)C[C@@H]1CC[C@H]2N1Cc1cn(C)nc1C. The van der Waals surface area contributed by atoms with Crippen molar-refractivity contribution in [2.45, 2.75) is 51.7 Å². The summed E-state index contributed by atoms with van der Waals surface area (Å²) >= 11 is 0. The van der Waals surface area contributed by atoms with E-state index in [2.05, 4.69) is 33.1 Å². The molecule has 0 spiro atoms. The van der Waals surface area contributed by atoms with Gasteiger partial charge in [-0.05, 0) is 26.7 Å². The summed E-state index contributed by atoms with van der Waals surface area (Å²) < 4.78 is 1.91. The average Bonchev–Trinajstić information content (AvgIpc) is 2.89. The van der Waals surface area contributed by atoms with Crippen LogP contribution in [0, 0.1) is 13.8 Å². The summed E-state index contributed by atoms with van der Waals surface area (Å²) in [4.78, 5) is 11.7. The molecular formula is C16H21N5. The summed E-state index contributed by atoms with van der Waals surface area (Å²) in [6, 6.07) is 1.11. The fraction of sp³-hybridized carbons (Fsp3) is 0.562. The van der Waals surface area contributed by atoms with E-state index < -0.39 is 0 Å². The molecule has 2 aliphatic heterocycles. The average molecular weight is 283 g/mol. The number of hydrogen-bond acceptors (Lipinski definition) is 4. The molecular weight excluding hydrogens is 262 g/mol. The first-order valence-electron chi connectivity index (χ1n) is 7.69. The van der Waals surface area contributed by atoms with E-state index in [1.54, 1.807) is 0 Å². The van der Waals surface area contributed by atoms with E-state index in [1.165, 1.54) is 29.7 Å². The molecule has 0 N–H and O–H groups in total. The van der Waals surface area contributed by atoms with E-state index in [4.69, 9.17) is 0 Å². The molecule has 2 aromatic heterocycles. The lowest BCUT2D eigenvalue weighted by Gasteiger charge is -2.35. The van der Waals surface area contributed by atoms with Gasteiger partial charge in [0, 0.05) is 55.6 Å². The van der Waals surface area contributed by atoms with Crippen molar-refractivity contribution in [3.05, 3.63) is 40.7 Å². The first-order chi connectivity index (χ1) is 10.1. The van der Waals surface area contributed by atoms with Crippen LogP contribution >= 0.6 is 0 Å². The molecule has 1 saturated heterocycles. The number of nitrogens with zero attached hydrogens (tertiary/aromatic N) is 5. The Morgan fingerprint density at radius 2 is 2.14 bits per heavy atom. The Balaban J connectivity index is 1.66. The molecule has 0 amide bonds. The minimum Gasteiger partial charge on any atom is -0.288 e. The molecule has 0 aromatic carbocycles. The fourth-order valence-electron chi connectivity index (χ4n) is 3.92. The first kappa shape index (κ1) is 13.0. The molecule has 4 rings (SSSR count). The summed E-state index contributed by atoms with van der Waals surface area (Å²) in [5, 5.41) is 4.47. The van der Waals surface area contributed by atoms with Crippen LogP contribution in [0.5, 0.6) is 0 Å². The summed E-state index contributed by atoms with van der Waals surface area (Å²) in [5.74, 6) is 0.893. The van der Waals surface area contributed by atoms with Crippen molar-refractivity contribution in [1.82, 2.24) is 24.6 Å². The Morgan fingerprint density at radius 3 is 2.90 bits per heavy atom. The van der Waals surface area contributed by atoms with Crippen LogP contribution in [0.2, 0.25) is 0 Å². The van der Waals surface area contributed by atoms with Gasteiger partial charge in [0.05, 0.1) is 11.4 Å². The van der Waals surface area contributed by atoms with E-state index in [-0.39, 0.29) is 0 Å². The zero-order valence-corrected chi connectivity index (χ0v) is 12.9. The zero-order valence-electron chi connectivity index (χ0n) is 12.9. The van der Waals surface area contributed by atoms with Gasteiger partial charge in [-0.1, -0.05) is 0 Å². The highest BCUT2D eigenvalue weighted by molar-refractivity contribution is 5.29. The highest BCUT2D eigenvalue weighted by atomic mass is 15.3. The lowest BCUT2D eigenvalue weighted by molar-refractivity contribution is 0.165. The number of aromatic nitrogens is 4. The van der Waals surface area contributed by atoms with Crippen molar-refractivity contribution in [2.24, 2.45) is 7.05 Å². The van der Waals surface area contributed by atoms with Crippen molar-refractivity contribution in [3.8, 4) is 0 Å². The predicted molar refractivity (Wildman–Crippen MR) is 79.7 cm³/mol. The standard InChI is InChI=1S/C16H21N5/c1-10-12(8-20(3)19-10)9-21-13-4-5-16(21)14-7-17-11(2)18-15(14)6-13/h7-8,13,16H,4-6,9H2,1-3H3/t13-,16+/m0/s1. The quantitative estimate of drug-likeness (QED) is 0.846. The van der Waals surface area contributed by atoms with E-state index >= 15 is 0 Å². The smallest absolute Gasteiger partial charge is 0.125 e. The van der Waals surface area contributed by atoms with Gasteiger partial charge in [0.1, 0.15) is 5.82 Å². The Morgan fingerprint density at radius 1 is 1.29 bits per heavy atom. The number of hydrogen-bond donors (Lipinski definition) is 0. The topological polar surface area (TPSA) is 46.8 Å². The van der Waals surface area contributed by atoms with Crippen molar-refractivity contribution in [3.63, 3.8) is 0 Å². The predicted octanol–water partition coefficient (Wildman–Crippen LogP) is 2.09. The molecule has 5 heteroatoms. The fourth-order valence-corrected chi connectivity index (χ4v) is 3.92. The van der Waals surface area contributed by atoms with E-state index in [1.807, 2.05) is 24.9 Å². The van der Waals surface area contributed by atoms with Gasteiger partial charge in [-0.15, -0.1) is 0 Å². The van der Waals surface area contributed by atoms with Crippen LogP contribution in [0.1, 0.15) is 47.2 Å². The third-order valence-corrected chi connectivity index (χ3v) is 4.92. The largest absolute Gasteiger partial charge is 0.288 e. The molecule has 2 atom stereocenters. The third kappa shape index (κ3) is 2.07. The minimum atomic E-state index is 0.485. The third-order valence-electron chi connectivity index (χ3n) is 4.92. The van der Waals surface area contributed by atoms with Crippen molar-refractivity contribution >= 4 is 0 Å². The second-order valence-corrected chi connectivity index (χ2v) is 6.36. The molecule has 5 nitrogen and oxygen atoms in total. The summed E-state index contributed by atoms with van der Waals surface area (Å²) in [7, 11) is 1.99. The van der Waals surface area contributed by atoms with Crippen LogP contribution in [0.25, 0.3) is 0 Å².